The Labute approximate surface area is 166 Å². The first-order chi connectivity index (χ1) is 13.2. The largest absolute Gasteiger partial charge is 0.483 e. The molecule has 1 N–H and O–H groups in total. The third kappa shape index (κ3) is 4.20. The number of rotatable bonds is 6. The van der Waals surface area contributed by atoms with Gasteiger partial charge in [-0.25, -0.2) is 13.1 Å². The molecule has 0 radical (unpaired) electrons. The van der Waals surface area contributed by atoms with Gasteiger partial charge in [0.05, 0.1) is 4.90 Å². The third-order valence-electron chi connectivity index (χ3n) is 4.67. The lowest BCUT2D eigenvalue weighted by molar-refractivity contribution is -0.120. The Morgan fingerprint density at radius 2 is 1.96 bits per heavy atom. The van der Waals surface area contributed by atoms with Gasteiger partial charge in [-0.3, -0.25) is 4.79 Å². The molecule has 1 amide bonds. The van der Waals surface area contributed by atoms with E-state index in [0.29, 0.717) is 11.3 Å². The average molecular weight is 403 g/mol. The van der Waals surface area contributed by atoms with Crippen molar-refractivity contribution in [3.05, 3.63) is 53.6 Å². The summed E-state index contributed by atoms with van der Waals surface area (Å²) in [5.74, 6) is 0.381. The maximum Gasteiger partial charge on any atom is 0.265 e. The Morgan fingerprint density at radius 1 is 1.25 bits per heavy atom. The van der Waals surface area contributed by atoms with Gasteiger partial charge in [-0.1, -0.05) is 18.2 Å². The summed E-state index contributed by atoms with van der Waals surface area (Å²) < 4.78 is 32.8. The summed E-state index contributed by atoms with van der Waals surface area (Å²) >= 11 is 0. The second-order valence-electron chi connectivity index (χ2n) is 7.44. The molecular formula is C21H26N2O4S. The zero-order valence-corrected chi connectivity index (χ0v) is 17.4. The molecule has 0 saturated carbocycles. The van der Waals surface area contributed by atoms with Crippen molar-refractivity contribution in [2.24, 2.45) is 0 Å². The number of nitrogens with one attached hydrogen (secondary N) is 1. The summed E-state index contributed by atoms with van der Waals surface area (Å²) in [6.45, 7) is 7.22. The van der Waals surface area contributed by atoms with Crippen LogP contribution in [-0.2, 0) is 21.2 Å². The Balaban J connectivity index is 1.71. The lowest BCUT2D eigenvalue weighted by Gasteiger charge is -2.23. The predicted octanol–water partition coefficient (Wildman–Crippen LogP) is 3.04. The Morgan fingerprint density at radius 3 is 2.64 bits per heavy atom. The van der Waals surface area contributed by atoms with Crippen LogP contribution in [0.5, 0.6) is 5.75 Å². The highest BCUT2D eigenvalue weighted by Gasteiger charge is 2.30. The van der Waals surface area contributed by atoms with Crippen molar-refractivity contribution in [2.75, 3.05) is 11.5 Å². The molecule has 2 aromatic carbocycles. The topological polar surface area (TPSA) is 75.7 Å². The van der Waals surface area contributed by atoms with Crippen LogP contribution in [-0.4, -0.2) is 33.0 Å². The second kappa shape index (κ2) is 7.93. The number of anilines is 1. The molecule has 0 aliphatic carbocycles. The van der Waals surface area contributed by atoms with E-state index in [4.69, 9.17) is 4.74 Å². The smallest absolute Gasteiger partial charge is 0.265 e. The molecule has 1 atom stereocenters. The van der Waals surface area contributed by atoms with Gasteiger partial charge in [-0.15, -0.1) is 0 Å². The second-order valence-corrected chi connectivity index (χ2v) is 9.15. The van der Waals surface area contributed by atoms with E-state index in [1.54, 1.807) is 37.8 Å². The number of sulfonamides is 1. The minimum absolute atomic E-state index is 0.0872. The number of ether oxygens (including phenoxy) is 1. The summed E-state index contributed by atoms with van der Waals surface area (Å²) in [5, 5.41) is 0. The van der Waals surface area contributed by atoms with E-state index in [2.05, 4.69) is 4.72 Å². The Bertz CT molecular complexity index is 986. The van der Waals surface area contributed by atoms with Crippen LogP contribution in [0.25, 0.3) is 0 Å². The number of carbonyl (C=O) groups excluding carboxylic acids is 1. The number of nitrogens with zero attached hydrogens (tertiary/aromatic N) is 1. The van der Waals surface area contributed by atoms with E-state index in [9.17, 15) is 13.2 Å². The van der Waals surface area contributed by atoms with Crippen LogP contribution < -0.4 is 14.4 Å². The van der Waals surface area contributed by atoms with E-state index in [1.165, 1.54) is 6.07 Å². The van der Waals surface area contributed by atoms with Gasteiger partial charge >= 0.3 is 0 Å². The summed E-state index contributed by atoms with van der Waals surface area (Å²) in [6, 6.07) is 12.4. The van der Waals surface area contributed by atoms with Crippen molar-refractivity contribution in [3.8, 4) is 5.75 Å². The number of hydrogen-bond donors (Lipinski definition) is 1. The lowest BCUT2D eigenvalue weighted by Crippen LogP contribution is -2.39. The van der Waals surface area contributed by atoms with Crippen LogP contribution >= 0.6 is 0 Å². The molecule has 1 aliphatic heterocycles. The SMILES string of the molecule is Cc1cc(S(=O)(=O)NC(C)C)ccc1OCC(=O)N1c2ccccc2C[C@H]1C. The molecular weight excluding hydrogens is 376 g/mol. The maximum absolute atomic E-state index is 12.7. The normalized spacial score (nSPS) is 16.3. The molecule has 2 aromatic rings. The molecule has 1 aliphatic rings. The van der Waals surface area contributed by atoms with Crippen molar-refractivity contribution >= 4 is 21.6 Å². The first kappa shape index (κ1) is 20.4. The monoisotopic (exact) mass is 402 g/mol. The summed E-state index contributed by atoms with van der Waals surface area (Å²) in [7, 11) is -3.56. The van der Waals surface area contributed by atoms with Crippen molar-refractivity contribution in [1.29, 1.82) is 0 Å². The van der Waals surface area contributed by atoms with E-state index in [1.807, 2.05) is 31.2 Å². The Kier molecular flexibility index (Phi) is 5.76. The Hall–Kier alpha value is -2.38. The summed E-state index contributed by atoms with van der Waals surface area (Å²) in [4.78, 5) is 14.7. The highest BCUT2D eigenvalue weighted by atomic mass is 32.2. The minimum atomic E-state index is -3.56. The van der Waals surface area contributed by atoms with E-state index in [-0.39, 0.29) is 29.5 Å². The lowest BCUT2D eigenvalue weighted by atomic mass is 10.1. The van der Waals surface area contributed by atoms with Gasteiger partial charge in [-0.2, -0.15) is 0 Å². The fraction of sp³-hybridized carbons (Fsp3) is 0.381. The highest BCUT2D eigenvalue weighted by molar-refractivity contribution is 7.89. The quantitative estimate of drug-likeness (QED) is 0.806. The first-order valence-corrected chi connectivity index (χ1v) is 10.8. The van der Waals surface area contributed by atoms with Gasteiger partial charge in [-0.05, 0) is 69.5 Å². The minimum Gasteiger partial charge on any atom is -0.483 e. The molecule has 0 saturated heterocycles. The third-order valence-corrected chi connectivity index (χ3v) is 6.33. The number of benzene rings is 2. The van der Waals surface area contributed by atoms with Crippen molar-refractivity contribution < 1.29 is 17.9 Å². The van der Waals surface area contributed by atoms with Crippen molar-refractivity contribution in [3.63, 3.8) is 0 Å². The van der Waals surface area contributed by atoms with Gasteiger partial charge in [0, 0.05) is 17.8 Å². The summed E-state index contributed by atoms with van der Waals surface area (Å²) in [5.41, 5.74) is 2.75. The molecule has 150 valence electrons. The molecule has 0 aromatic heterocycles. The van der Waals surface area contributed by atoms with Gasteiger partial charge in [0.15, 0.2) is 6.61 Å². The number of hydrogen-bond acceptors (Lipinski definition) is 4. The molecule has 1 heterocycles. The number of fused-ring (bicyclic) bond motifs is 1. The van der Waals surface area contributed by atoms with Gasteiger partial charge in [0.2, 0.25) is 10.0 Å². The molecule has 0 spiro atoms. The molecule has 3 rings (SSSR count). The predicted molar refractivity (Wildman–Crippen MR) is 109 cm³/mol. The van der Waals surface area contributed by atoms with Crippen LogP contribution in [0.4, 0.5) is 5.69 Å². The van der Waals surface area contributed by atoms with Gasteiger partial charge < -0.3 is 9.64 Å². The number of carbonyl (C=O) groups is 1. The highest BCUT2D eigenvalue weighted by Crippen LogP contribution is 2.32. The average Bonchev–Trinajstić information content (AvgIpc) is 2.95. The van der Waals surface area contributed by atoms with Crippen molar-refractivity contribution in [1.82, 2.24) is 4.72 Å². The van der Waals surface area contributed by atoms with Gasteiger partial charge in [0.25, 0.3) is 5.91 Å². The zero-order chi connectivity index (χ0) is 20.5. The fourth-order valence-electron chi connectivity index (χ4n) is 3.48. The fourth-order valence-corrected chi connectivity index (χ4v) is 4.82. The molecule has 0 bridgehead atoms. The first-order valence-electron chi connectivity index (χ1n) is 9.35. The molecule has 28 heavy (non-hydrogen) atoms. The zero-order valence-electron chi connectivity index (χ0n) is 16.6. The van der Waals surface area contributed by atoms with Crippen LogP contribution in [0.15, 0.2) is 47.4 Å². The van der Waals surface area contributed by atoms with E-state index in [0.717, 1.165) is 17.7 Å². The molecule has 6 nitrogen and oxygen atoms in total. The van der Waals surface area contributed by atoms with Crippen molar-refractivity contribution in [2.45, 2.75) is 51.1 Å². The van der Waals surface area contributed by atoms with Gasteiger partial charge in [0.1, 0.15) is 5.75 Å². The van der Waals surface area contributed by atoms with Crippen LogP contribution in [0.1, 0.15) is 31.9 Å². The maximum atomic E-state index is 12.7. The number of para-hydroxylation sites is 1. The number of amides is 1. The molecule has 7 heteroatoms. The molecule has 0 unspecified atom stereocenters. The van der Waals surface area contributed by atoms with Crippen LogP contribution in [0.2, 0.25) is 0 Å². The number of aryl methyl sites for hydroxylation is 1. The van der Waals surface area contributed by atoms with E-state index < -0.39 is 10.0 Å². The summed E-state index contributed by atoms with van der Waals surface area (Å²) in [6.07, 6.45) is 0.830. The standard InChI is InChI=1S/C21H26N2O4S/c1-14(2)22-28(25,26)18-9-10-20(15(3)11-18)27-13-21(24)23-16(4)12-17-7-5-6-8-19(17)23/h5-11,14,16,22H,12-13H2,1-4H3/t16-/m1/s1. The van der Waals surface area contributed by atoms with Crippen LogP contribution in [0.3, 0.4) is 0 Å². The van der Waals surface area contributed by atoms with Crippen LogP contribution in [0, 0.1) is 6.92 Å². The van der Waals surface area contributed by atoms with E-state index >= 15 is 0 Å². The molecule has 0 fully saturated rings.